The quantitative estimate of drug-likeness (QED) is 0.446. The van der Waals surface area contributed by atoms with E-state index in [1.165, 1.54) is 47.0 Å². The van der Waals surface area contributed by atoms with Crippen molar-refractivity contribution in [3.8, 4) is 0 Å². The van der Waals surface area contributed by atoms with E-state index < -0.39 is 27.9 Å². The molecular formula is C26H36N4O6S2. The molecule has 0 radical (unpaired) electrons. The maximum absolute atomic E-state index is 13.2. The minimum atomic E-state index is -3.67. The topological polar surface area (TPSA) is 125 Å². The average Bonchev–Trinajstić information content (AvgIpc) is 3.25. The van der Waals surface area contributed by atoms with Crippen LogP contribution in [0.15, 0.2) is 29.2 Å². The summed E-state index contributed by atoms with van der Waals surface area (Å²) in [6, 6.07) is 6.08. The molecule has 1 aromatic heterocycles. The Balaban J connectivity index is 1.88. The summed E-state index contributed by atoms with van der Waals surface area (Å²) >= 11 is 1.30. The predicted octanol–water partition coefficient (Wildman–Crippen LogP) is 4.07. The minimum absolute atomic E-state index is 0.120. The highest BCUT2D eigenvalue weighted by molar-refractivity contribution is 7.89. The third-order valence-electron chi connectivity index (χ3n) is 6.37. The number of benzene rings is 1. The molecule has 3 amide bonds. The van der Waals surface area contributed by atoms with Gasteiger partial charge in [-0.3, -0.25) is 19.8 Å². The van der Waals surface area contributed by atoms with Crippen LogP contribution in [-0.2, 0) is 27.7 Å². The van der Waals surface area contributed by atoms with Crippen LogP contribution in [0, 0.1) is 0 Å². The molecule has 1 aliphatic heterocycles. The van der Waals surface area contributed by atoms with Gasteiger partial charge in [-0.15, -0.1) is 11.3 Å². The summed E-state index contributed by atoms with van der Waals surface area (Å²) < 4.78 is 32.1. The SMILES string of the molecule is CCCN(CCC)S(=O)(=O)c1ccc(C(=O)Nc2sc3c(c2C(=O)NC(=O)OC)CCN(C(C)C)C3)cc1. The van der Waals surface area contributed by atoms with Crippen molar-refractivity contribution in [2.24, 2.45) is 0 Å². The lowest BCUT2D eigenvalue weighted by Crippen LogP contribution is -2.36. The van der Waals surface area contributed by atoms with Gasteiger partial charge in [-0.2, -0.15) is 4.31 Å². The Morgan fingerprint density at radius 1 is 1.08 bits per heavy atom. The van der Waals surface area contributed by atoms with E-state index in [0.29, 0.717) is 49.9 Å². The van der Waals surface area contributed by atoms with Crippen LogP contribution in [-0.4, -0.2) is 68.3 Å². The number of rotatable bonds is 10. The summed E-state index contributed by atoms with van der Waals surface area (Å²) in [5, 5.41) is 5.34. The van der Waals surface area contributed by atoms with Crippen LogP contribution in [0.25, 0.3) is 0 Å². The van der Waals surface area contributed by atoms with Gasteiger partial charge in [-0.1, -0.05) is 13.8 Å². The molecule has 3 rings (SSSR count). The van der Waals surface area contributed by atoms with Crippen molar-refractivity contribution in [3.05, 3.63) is 45.8 Å². The first-order chi connectivity index (χ1) is 18.0. The fraction of sp³-hybridized carbons (Fsp3) is 0.500. The number of carbonyl (C=O) groups is 3. The molecule has 1 aliphatic rings. The molecule has 2 aromatic rings. The van der Waals surface area contributed by atoms with E-state index in [1.54, 1.807) is 0 Å². The molecule has 0 saturated carbocycles. The fourth-order valence-corrected chi connectivity index (χ4v) is 7.24. The number of fused-ring (bicyclic) bond motifs is 1. The normalized spacial score (nSPS) is 13.9. The summed E-state index contributed by atoms with van der Waals surface area (Å²) in [6.45, 7) is 10.3. The van der Waals surface area contributed by atoms with E-state index in [-0.39, 0.29) is 16.0 Å². The van der Waals surface area contributed by atoms with Gasteiger partial charge in [0.1, 0.15) is 5.00 Å². The number of nitrogens with one attached hydrogen (secondary N) is 2. The van der Waals surface area contributed by atoms with Gasteiger partial charge in [0.2, 0.25) is 10.0 Å². The fourth-order valence-electron chi connectivity index (χ4n) is 4.35. The molecule has 12 heteroatoms. The van der Waals surface area contributed by atoms with E-state index in [0.717, 1.165) is 17.0 Å². The highest BCUT2D eigenvalue weighted by atomic mass is 32.2. The first-order valence-corrected chi connectivity index (χ1v) is 15.0. The molecule has 2 heterocycles. The Morgan fingerprint density at radius 3 is 2.26 bits per heavy atom. The van der Waals surface area contributed by atoms with Crippen molar-refractivity contribution >= 4 is 44.3 Å². The number of methoxy groups -OCH3 is 1. The predicted molar refractivity (Wildman–Crippen MR) is 147 cm³/mol. The Kier molecular flexibility index (Phi) is 10.0. The van der Waals surface area contributed by atoms with E-state index >= 15 is 0 Å². The third kappa shape index (κ3) is 6.60. The van der Waals surface area contributed by atoms with Crippen LogP contribution in [0.3, 0.4) is 0 Å². The third-order valence-corrected chi connectivity index (χ3v) is 9.42. The molecule has 0 atom stereocenters. The summed E-state index contributed by atoms with van der Waals surface area (Å²) in [6.07, 6.45) is 1.11. The minimum Gasteiger partial charge on any atom is -0.453 e. The number of hydrogen-bond acceptors (Lipinski definition) is 8. The van der Waals surface area contributed by atoms with Crippen LogP contribution in [0.1, 0.15) is 71.7 Å². The number of hydrogen-bond donors (Lipinski definition) is 2. The number of nitrogens with zero attached hydrogens (tertiary/aromatic N) is 2. The largest absolute Gasteiger partial charge is 0.453 e. The molecule has 0 bridgehead atoms. The number of carbonyl (C=O) groups excluding carboxylic acids is 3. The van der Waals surface area contributed by atoms with Crippen molar-refractivity contribution < 1.29 is 27.5 Å². The number of alkyl carbamates (subject to hydrolysis) is 1. The second-order valence-corrected chi connectivity index (χ2v) is 12.4. The number of sulfonamides is 1. The number of imide groups is 1. The highest BCUT2D eigenvalue weighted by Gasteiger charge is 2.31. The van der Waals surface area contributed by atoms with Crippen molar-refractivity contribution in [2.45, 2.75) is 64.4 Å². The van der Waals surface area contributed by atoms with Crippen LogP contribution in [0.4, 0.5) is 9.80 Å². The zero-order valence-electron chi connectivity index (χ0n) is 22.5. The maximum Gasteiger partial charge on any atom is 0.413 e. The second kappa shape index (κ2) is 12.8. The van der Waals surface area contributed by atoms with Gasteiger partial charge >= 0.3 is 6.09 Å². The number of amides is 3. The van der Waals surface area contributed by atoms with E-state index in [9.17, 15) is 22.8 Å². The van der Waals surface area contributed by atoms with Gasteiger partial charge < -0.3 is 10.1 Å². The van der Waals surface area contributed by atoms with Crippen LogP contribution < -0.4 is 10.6 Å². The highest BCUT2D eigenvalue weighted by Crippen LogP contribution is 2.38. The van der Waals surface area contributed by atoms with Crippen molar-refractivity contribution in [1.82, 2.24) is 14.5 Å². The van der Waals surface area contributed by atoms with Crippen molar-refractivity contribution in [2.75, 3.05) is 32.1 Å². The van der Waals surface area contributed by atoms with Gasteiger partial charge in [0.25, 0.3) is 11.8 Å². The lowest BCUT2D eigenvalue weighted by Gasteiger charge is -2.30. The molecule has 10 nitrogen and oxygen atoms in total. The zero-order chi connectivity index (χ0) is 28.0. The monoisotopic (exact) mass is 564 g/mol. The first kappa shape index (κ1) is 29.8. The second-order valence-electron chi connectivity index (χ2n) is 9.35. The molecule has 0 fully saturated rings. The lowest BCUT2D eigenvalue weighted by atomic mass is 10.0. The Bertz CT molecular complexity index is 1270. The van der Waals surface area contributed by atoms with Gasteiger partial charge in [0.15, 0.2) is 0 Å². The summed E-state index contributed by atoms with van der Waals surface area (Å²) in [5.41, 5.74) is 1.30. The van der Waals surface area contributed by atoms with E-state index in [4.69, 9.17) is 0 Å². The number of anilines is 1. The summed E-state index contributed by atoms with van der Waals surface area (Å²) in [4.78, 5) is 41.2. The standard InChI is InChI=1S/C26H36N4O6S2/c1-6-13-30(14-7-2)38(34,35)19-10-8-18(9-11-19)23(31)27-25-22(24(32)28-26(33)36-5)20-12-15-29(17(3)4)16-21(20)37-25/h8-11,17H,6-7,12-16H2,1-5H3,(H,27,31)(H,28,32,33). The molecule has 208 valence electrons. The summed E-state index contributed by atoms with van der Waals surface area (Å²) in [7, 11) is -2.50. The van der Waals surface area contributed by atoms with Gasteiger partial charge in [-0.25, -0.2) is 13.2 Å². The van der Waals surface area contributed by atoms with Gasteiger partial charge in [-0.05, 0) is 62.9 Å². The average molecular weight is 565 g/mol. The van der Waals surface area contributed by atoms with Gasteiger partial charge in [0.05, 0.1) is 17.6 Å². The maximum atomic E-state index is 13.2. The van der Waals surface area contributed by atoms with Crippen molar-refractivity contribution in [1.29, 1.82) is 0 Å². The van der Waals surface area contributed by atoms with E-state index in [2.05, 4.69) is 34.1 Å². The van der Waals surface area contributed by atoms with Crippen LogP contribution in [0.2, 0.25) is 0 Å². The molecule has 0 unspecified atom stereocenters. The molecule has 38 heavy (non-hydrogen) atoms. The molecule has 0 saturated heterocycles. The van der Waals surface area contributed by atoms with Gasteiger partial charge in [0, 0.05) is 42.7 Å². The Morgan fingerprint density at radius 2 is 1.71 bits per heavy atom. The molecule has 2 N–H and O–H groups in total. The molecule has 0 spiro atoms. The van der Waals surface area contributed by atoms with E-state index in [1.807, 2.05) is 13.8 Å². The molecular weight excluding hydrogens is 528 g/mol. The smallest absolute Gasteiger partial charge is 0.413 e. The number of ether oxygens (including phenoxy) is 1. The molecule has 1 aromatic carbocycles. The summed E-state index contributed by atoms with van der Waals surface area (Å²) in [5.74, 6) is -1.13. The first-order valence-electron chi connectivity index (χ1n) is 12.7. The van der Waals surface area contributed by atoms with Crippen LogP contribution in [0.5, 0.6) is 0 Å². The zero-order valence-corrected chi connectivity index (χ0v) is 24.1. The van der Waals surface area contributed by atoms with Crippen molar-refractivity contribution in [3.63, 3.8) is 0 Å². The van der Waals surface area contributed by atoms with Crippen LogP contribution >= 0.6 is 11.3 Å². The Hall–Kier alpha value is -2.80. The Labute approximate surface area is 228 Å². The lowest BCUT2D eigenvalue weighted by molar-refractivity contribution is 0.0936. The number of thiophene rings is 1. The molecule has 0 aliphatic carbocycles.